The van der Waals surface area contributed by atoms with Gasteiger partial charge in [0.05, 0.1) is 10.6 Å². The van der Waals surface area contributed by atoms with E-state index in [4.69, 9.17) is 34.8 Å². The molecule has 1 heterocycles. The number of nitrogens with zero attached hydrogens (tertiary/aromatic N) is 2. The number of carbonyl (C=O) groups is 1. The molecule has 0 aliphatic heterocycles. The van der Waals surface area contributed by atoms with Crippen LogP contribution in [0.15, 0.2) is 24.3 Å². The third-order valence-corrected chi connectivity index (χ3v) is 2.91. The third kappa shape index (κ3) is 3.32. The van der Waals surface area contributed by atoms with E-state index in [0.717, 1.165) is 6.07 Å². The lowest BCUT2D eigenvalue weighted by Crippen LogP contribution is -2.13. The second kappa shape index (κ2) is 5.69. The number of rotatable bonds is 2. The fourth-order valence-corrected chi connectivity index (χ4v) is 1.73. The van der Waals surface area contributed by atoms with Gasteiger partial charge < -0.3 is 5.32 Å². The molecule has 1 aromatic heterocycles. The zero-order valence-corrected chi connectivity index (χ0v) is 11.4. The first kappa shape index (κ1) is 14.0. The van der Waals surface area contributed by atoms with Crippen LogP contribution in [0.1, 0.15) is 10.4 Å². The number of benzene rings is 1. The van der Waals surface area contributed by atoms with Crippen molar-refractivity contribution in [3.63, 3.8) is 0 Å². The Hall–Kier alpha value is -1.43. The summed E-state index contributed by atoms with van der Waals surface area (Å²) < 4.78 is 13.2. The molecule has 0 bridgehead atoms. The van der Waals surface area contributed by atoms with Gasteiger partial charge in [0.2, 0.25) is 0 Å². The van der Waals surface area contributed by atoms with Gasteiger partial charge in [0.1, 0.15) is 5.82 Å². The zero-order valence-electron chi connectivity index (χ0n) is 9.12. The van der Waals surface area contributed by atoms with Gasteiger partial charge in [0, 0.05) is 5.69 Å². The SMILES string of the molecule is O=C(Nc1ccc(Cl)c(F)c1)c1cc(Cl)nnc1Cl. The average Bonchev–Trinajstić information content (AvgIpc) is 2.36. The van der Waals surface area contributed by atoms with Gasteiger partial charge in [0.15, 0.2) is 10.3 Å². The number of halogens is 4. The van der Waals surface area contributed by atoms with E-state index >= 15 is 0 Å². The fourth-order valence-electron chi connectivity index (χ4n) is 1.28. The molecule has 0 radical (unpaired) electrons. The monoisotopic (exact) mass is 319 g/mol. The van der Waals surface area contributed by atoms with E-state index in [1.54, 1.807) is 0 Å². The van der Waals surface area contributed by atoms with Gasteiger partial charge >= 0.3 is 0 Å². The van der Waals surface area contributed by atoms with Crippen LogP contribution in [-0.2, 0) is 0 Å². The molecule has 4 nitrogen and oxygen atoms in total. The highest BCUT2D eigenvalue weighted by Gasteiger charge is 2.14. The van der Waals surface area contributed by atoms with Crippen molar-refractivity contribution >= 4 is 46.4 Å². The number of aromatic nitrogens is 2. The van der Waals surface area contributed by atoms with Crippen LogP contribution in [0.2, 0.25) is 15.3 Å². The highest BCUT2D eigenvalue weighted by atomic mass is 35.5. The van der Waals surface area contributed by atoms with E-state index in [1.807, 2.05) is 0 Å². The summed E-state index contributed by atoms with van der Waals surface area (Å²) in [7, 11) is 0. The molecule has 0 fully saturated rings. The van der Waals surface area contributed by atoms with Gasteiger partial charge in [-0.3, -0.25) is 4.79 Å². The number of hydrogen-bond donors (Lipinski definition) is 1. The van der Waals surface area contributed by atoms with Gasteiger partial charge in [-0.05, 0) is 24.3 Å². The lowest BCUT2D eigenvalue weighted by molar-refractivity contribution is 0.102. The number of anilines is 1. The summed E-state index contributed by atoms with van der Waals surface area (Å²) >= 11 is 16.9. The highest BCUT2D eigenvalue weighted by molar-refractivity contribution is 6.34. The summed E-state index contributed by atoms with van der Waals surface area (Å²) in [5, 5.41) is 9.31. The summed E-state index contributed by atoms with van der Waals surface area (Å²) in [4.78, 5) is 11.9. The first-order valence-electron chi connectivity index (χ1n) is 4.92. The van der Waals surface area contributed by atoms with E-state index in [1.165, 1.54) is 18.2 Å². The lowest BCUT2D eigenvalue weighted by atomic mass is 10.2. The van der Waals surface area contributed by atoms with Crippen molar-refractivity contribution in [2.75, 3.05) is 5.32 Å². The minimum atomic E-state index is -0.642. The Labute approximate surface area is 122 Å². The molecule has 1 aromatic carbocycles. The van der Waals surface area contributed by atoms with Crippen molar-refractivity contribution < 1.29 is 9.18 Å². The van der Waals surface area contributed by atoms with Gasteiger partial charge in [0.25, 0.3) is 5.91 Å². The Bertz CT molecular complexity index is 651. The lowest BCUT2D eigenvalue weighted by Gasteiger charge is -2.06. The number of amides is 1. The molecule has 2 rings (SSSR count). The van der Waals surface area contributed by atoms with Crippen LogP contribution < -0.4 is 5.32 Å². The molecular formula is C11H5Cl3FN3O. The molecule has 1 N–H and O–H groups in total. The van der Waals surface area contributed by atoms with E-state index in [0.29, 0.717) is 0 Å². The maximum Gasteiger partial charge on any atom is 0.258 e. The Kier molecular flexibility index (Phi) is 4.19. The van der Waals surface area contributed by atoms with E-state index < -0.39 is 11.7 Å². The van der Waals surface area contributed by atoms with Crippen LogP contribution >= 0.6 is 34.8 Å². The largest absolute Gasteiger partial charge is 0.322 e. The summed E-state index contributed by atoms with van der Waals surface area (Å²) in [6, 6.07) is 5.13. The van der Waals surface area contributed by atoms with Crippen LogP contribution in [0.25, 0.3) is 0 Å². The predicted molar refractivity (Wildman–Crippen MR) is 71.4 cm³/mol. The number of carbonyl (C=O) groups excluding carboxylic acids is 1. The van der Waals surface area contributed by atoms with Crippen molar-refractivity contribution in [2.45, 2.75) is 0 Å². The molecule has 0 saturated heterocycles. The van der Waals surface area contributed by atoms with Gasteiger partial charge in [-0.15, -0.1) is 10.2 Å². The van der Waals surface area contributed by atoms with Crippen molar-refractivity contribution in [3.05, 3.63) is 51.0 Å². The zero-order chi connectivity index (χ0) is 14.0. The molecule has 0 saturated carbocycles. The van der Waals surface area contributed by atoms with Crippen LogP contribution in [0.3, 0.4) is 0 Å². The molecular weight excluding hydrogens is 315 g/mol. The first-order chi connectivity index (χ1) is 8.97. The smallest absolute Gasteiger partial charge is 0.258 e. The molecule has 2 aromatic rings. The predicted octanol–water partition coefficient (Wildman–Crippen LogP) is 3.83. The van der Waals surface area contributed by atoms with Crippen molar-refractivity contribution in [3.8, 4) is 0 Å². The van der Waals surface area contributed by atoms with Crippen LogP contribution in [0.5, 0.6) is 0 Å². The Morgan fingerprint density at radius 1 is 1.16 bits per heavy atom. The van der Waals surface area contributed by atoms with E-state index in [2.05, 4.69) is 15.5 Å². The Morgan fingerprint density at radius 3 is 2.58 bits per heavy atom. The minimum Gasteiger partial charge on any atom is -0.322 e. The quantitative estimate of drug-likeness (QED) is 0.915. The molecule has 0 aliphatic carbocycles. The summed E-state index contributed by atoms with van der Waals surface area (Å²) in [5.74, 6) is -1.22. The van der Waals surface area contributed by atoms with Crippen LogP contribution in [0, 0.1) is 5.82 Å². The Morgan fingerprint density at radius 2 is 1.89 bits per heavy atom. The van der Waals surface area contributed by atoms with Crippen molar-refractivity contribution in [1.29, 1.82) is 0 Å². The van der Waals surface area contributed by atoms with Gasteiger partial charge in [-0.25, -0.2) is 4.39 Å². The van der Waals surface area contributed by atoms with E-state index in [9.17, 15) is 9.18 Å². The second-order valence-corrected chi connectivity index (χ2v) is 4.61. The second-order valence-electron chi connectivity index (χ2n) is 3.45. The fraction of sp³-hybridized carbons (Fsp3) is 0. The highest BCUT2D eigenvalue weighted by Crippen LogP contribution is 2.21. The molecule has 0 atom stereocenters. The van der Waals surface area contributed by atoms with Crippen molar-refractivity contribution in [2.24, 2.45) is 0 Å². The number of nitrogens with one attached hydrogen (secondary N) is 1. The van der Waals surface area contributed by atoms with Gasteiger partial charge in [-0.1, -0.05) is 34.8 Å². The molecule has 1 amide bonds. The summed E-state index contributed by atoms with van der Waals surface area (Å²) in [6.07, 6.45) is 0. The van der Waals surface area contributed by atoms with Gasteiger partial charge in [-0.2, -0.15) is 0 Å². The maximum atomic E-state index is 13.2. The molecule has 0 spiro atoms. The molecule has 0 aliphatic rings. The maximum absolute atomic E-state index is 13.2. The normalized spacial score (nSPS) is 10.3. The Balaban J connectivity index is 2.25. The molecule has 98 valence electrons. The molecule has 0 unspecified atom stereocenters. The minimum absolute atomic E-state index is 0.0248. The molecule has 19 heavy (non-hydrogen) atoms. The molecule has 8 heteroatoms. The van der Waals surface area contributed by atoms with Crippen LogP contribution in [-0.4, -0.2) is 16.1 Å². The third-order valence-electron chi connectivity index (χ3n) is 2.14. The van der Waals surface area contributed by atoms with Crippen molar-refractivity contribution in [1.82, 2.24) is 10.2 Å². The van der Waals surface area contributed by atoms with E-state index in [-0.39, 0.29) is 26.6 Å². The van der Waals surface area contributed by atoms with Crippen LogP contribution in [0.4, 0.5) is 10.1 Å². The standard InChI is InChI=1S/C11H5Cl3FN3O/c12-7-2-1-5(3-8(7)15)16-11(19)6-4-9(13)17-18-10(6)14/h1-4H,(H,16,19). The number of hydrogen-bond acceptors (Lipinski definition) is 3. The summed E-state index contributed by atoms with van der Waals surface area (Å²) in [6.45, 7) is 0. The topological polar surface area (TPSA) is 54.9 Å². The summed E-state index contributed by atoms with van der Waals surface area (Å²) in [5.41, 5.74) is 0.271. The first-order valence-corrected chi connectivity index (χ1v) is 6.06. The average molecular weight is 321 g/mol.